The van der Waals surface area contributed by atoms with Gasteiger partial charge in [0.25, 0.3) is 0 Å². The summed E-state index contributed by atoms with van der Waals surface area (Å²) in [5.41, 5.74) is 0.329. The van der Waals surface area contributed by atoms with E-state index in [1.54, 1.807) is 18.2 Å². The summed E-state index contributed by atoms with van der Waals surface area (Å²) >= 11 is 0. The molecule has 0 unspecified atom stereocenters. The van der Waals surface area contributed by atoms with Crippen molar-refractivity contribution in [3.05, 3.63) is 65.9 Å². The van der Waals surface area contributed by atoms with Crippen LogP contribution in [-0.2, 0) is 0 Å². The second kappa shape index (κ2) is 5.24. The molecule has 0 amide bonds. The number of furan rings is 1. The van der Waals surface area contributed by atoms with Gasteiger partial charge >= 0.3 is 0 Å². The number of pyridine rings is 1. The van der Waals surface area contributed by atoms with Crippen molar-refractivity contribution in [3.8, 4) is 11.3 Å². The smallest absolute Gasteiger partial charge is 0.144 e. The summed E-state index contributed by atoms with van der Waals surface area (Å²) in [6, 6.07) is 13.6. The number of aromatic nitrogens is 1. The second-order valence-electron chi connectivity index (χ2n) is 5.27. The largest absolute Gasteiger partial charge is 0.455 e. The monoisotopic (exact) mass is 311 g/mol. The highest BCUT2D eigenvalue weighted by Crippen LogP contribution is 2.35. The van der Waals surface area contributed by atoms with Gasteiger partial charge in [-0.05, 0) is 42.1 Å². The molecule has 2 heteroatoms. The molecule has 0 fully saturated rings. The summed E-state index contributed by atoms with van der Waals surface area (Å²) in [7, 11) is 0. The first-order chi connectivity index (χ1) is 15.2. The Bertz CT molecular complexity index is 1330. The van der Waals surface area contributed by atoms with Crippen molar-refractivity contribution in [2.75, 3.05) is 0 Å². The van der Waals surface area contributed by atoms with E-state index in [9.17, 15) is 0 Å². The van der Waals surface area contributed by atoms with Gasteiger partial charge in [0.15, 0.2) is 0 Å². The molecule has 0 aliphatic heterocycles. The molecular formula is C21H19NO. The van der Waals surface area contributed by atoms with Crippen LogP contribution in [0.2, 0.25) is 0 Å². The lowest BCUT2D eigenvalue weighted by Gasteiger charge is -2.11. The molecule has 0 saturated heterocycles. The Kier molecular flexibility index (Phi) is 1.57. The Morgan fingerprint density at radius 3 is 2.83 bits per heavy atom. The van der Waals surface area contributed by atoms with E-state index in [0.29, 0.717) is 16.7 Å². The van der Waals surface area contributed by atoms with Crippen LogP contribution in [0, 0.1) is 6.85 Å². The topological polar surface area (TPSA) is 26.0 Å². The minimum absolute atomic E-state index is 0.104. The molecule has 0 saturated carbocycles. The van der Waals surface area contributed by atoms with Crippen LogP contribution < -0.4 is 0 Å². The van der Waals surface area contributed by atoms with Crippen molar-refractivity contribution in [3.63, 3.8) is 0 Å². The van der Waals surface area contributed by atoms with E-state index >= 15 is 0 Å². The predicted octanol–water partition coefficient (Wildman–Crippen LogP) is 6.08. The molecule has 0 atom stereocenters. The summed E-state index contributed by atoms with van der Waals surface area (Å²) in [6.07, 6.45) is 0.930. The van der Waals surface area contributed by atoms with Gasteiger partial charge in [-0.2, -0.15) is 0 Å². The van der Waals surface area contributed by atoms with Crippen LogP contribution in [0.1, 0.15) is 44.4 Å². The van der Waals surface area contributed by atoms with Gasteiger partial charge in [-0.3, -0.25) is 4.98 Å². The summed E-state index contributed by atoms with van der Waals surface area (Å²) < 4.78 is 84.9. The Hall–Kier alpha value is -2.61. The Balaban J connectivity index is 2.06. The minimum Gasteiger partial charge on any atom is -0.455 e. The van der Waals surface area contributed by atoms with Crippen molar-refractivity contribution >= 4 is 21.9 Å². The molecule has 0 N–H and O–H groups in total. The van der Waals surface area contributed by atoms with Gasteiger partial charge < -0.3 is 4.42 Å². The third-order valence-corrected chi connectivity index (χ3v) is 3.85. The molecule has 2 aromatic heterocycles. The number of hydrogen-bond acceptors (Lipinski definition) is 2. The quantitative estimate of drug-likeness (QED) is 0.448. The minimum atomic E-state index is -3.34. The standard InChI is InChI=1S/C21H19NO/c1-13(2)18-11-19(22-12-14(18)3)17-9-6-8-16-15-7-4-5-10-20(15)23-21(16)17/h4-13H,1-3H3/i1D3,2D3,3D3,13D. The molecule has 4 aromatic rings. The number of hydrogen-bond donors (Lipinski definition) is 0. The molecule has 2 nitrogen and oxygen atoms in total. The highest BCUT2D eigenvalue weighted by Gasteiger charge is 2.14. The van der Waals surface area contributed by atoms with Crippen LogP contribution >= 0.6 is 0 Å². The molecule has 0 bridgehead atoms. The maximum atomic E-state index is 8.57. The van der Waals surface area contributed by atoms with E-state index in [-0.39, 0.29) is 5.69 Å². The van der Waals surface area contributed by atoms with Crippen molar-refractivity contribution in [2.24, 2.45) is 0 Å². The number of nitrogens with zero attached hydrogens (tertiary/aromatic N) is 1. The van der Waals surface area contributed by atoms with Crippen LogP contribution in [0.25, 0.3) is 33.2 Å². The third-order valence-electron chi connectivity index (χ3n) is 3.85. The van der Waals surface area contributed by atoms with Crippen LogP contribution in [0.15, 0.2) is 59.1 Å². The second-order valence-corrected chi connectivity index (χ2v) is 5.27. The fraction of sp³-hybridized carbons (Fsp3) is 0.190. The zero-order valence-electron chi connectivity index (χ0n) is 22.1. The van der Waals surface area contributed by atoms with E-state index in [1.165, 1.54) is 0 Å². The number of fused-ring (bicyclic) bond motifs is 3. The van der Waals surface area contributed by atoms with Crippen molar-refractivity contribution < 1.29 is 18.1 Å². The summed E-state index contributed by atoms with van der Waals surface area (Å²) in [4.78, 5) is 4.20. The Morgan fingerprint density at radius 1 is 1.09 bits per heavy atom. The first kappa shape index (κ1) is 6.88. The molecular weight excluding hydrogens is 282 g/mol. The molecule has 23 heavy (non-hydrogen) atoms. The van der Waals surface area contributed by atoms with E-state index < -0.39 is 37.6 Å². The van der Waals surface area contributed by atoms with Gasteiger partial charge in [0, 0.05) is 36.2 Å². The number of para-hydroxylation sites is 2. The maximum absolute atomic E-state index is 8.57. The van der Waals surface area contributed by atoms with Crippen LogP contribution in [-0.4, -0.2) is 4.98 Å². The number of benzene rings is 2. The van der Waals surface area contributed by atoms with Gasteiger partial charge in [0.05, 0.1) is 5.69 Å². The molecule has 4 rings (SSSR count). The SMILES string of the molecule is [2H]C([2H])([2H])c1cnc(-c2cccc3c2oc2ccccc23)cc1C([2H])(C([2H])([2H])[2H])C([2H])([2H])[2H]. The number of aryl methyl sites for hydroxylation is 1. The summed E-state index contributed by atoms with van der Waals surface area (Å²) in [6.45, 7) is -9.57. The fourth-order valence-electron chi connectivity index (χ4n) is 2.76. The van der Waals surface area contributed by atoms with E-state index in [0.717, 1.165) is 23.0 Å². The lowest BCUT2D eigenvalue weighted by Crippen LogP contribution is -1.95. The lowest BCUT2D eigenvalue weighted by atomic mass is 9.97. The van der Waals surface area contributed by atoms with E-state index in [1.807, 2.05) is 24.3 Å². The first-order valence-corrected chi connectivity index (χ1v) is 7.08. The number of rotatable bonds is 2. The van der Waals surface area contributed by atoms with Gasteiger partial charge in [-0.1, -0.05) is 44.0 Å². The molecule has 0 aliphatic carbocycles. The van der Waals surface area contributed by atoms with Crippen molar-refractivity contribution in [2.45, 2.75) is 26.4 Å². The van der Waals surface area contributed by atoms with Gasteiger partial charge in [-0.25, -0.2) is 0 Å². The molecule has 114 valence electrons. The zero-order chi connectivity index (χ0) is 24.4. The molecule has 0 radical (unpaired) electrons. The average Bonchev–Trinajstić information content (AvgIpc) is 3.09. The lowest BCUT2D eigenvalue weighted by molar-refractivity contribution is 0.670. The normalized spacial score (nSPS) is 20.2. The van der Waals surface area contributed by atoms with E-state index in [2.05, 4.69) is 4.98 Å². The summed E-state index contributed by atoms with van der Waals surface area (Å²) in [5.74, 6) is -3.19. The molecule has 2 aromatic carbocycles. The van der Waals surface area contributed by atoms with Crippen molar-refractivity contribution in [1.29, 1.82) is 0 Å². The van der Waals surface area contributed by atoms with E-state index in [4.69, 9.17) is 18.1 Å². The molecule has 0 spiro atoms. The molecule has 2 heterocycles. The van der Waals surface area contributed by atoms with Crippen molar-refractivity contribution in [1.82, 2.24) is 4.98 Å². The average molecular weight is 311 g/mol. The van der Waals surface area contributed by atoms with Gasteiger partial charge in [0.2, 0.25) is 0 Å². The summed E-state index contributed by atoms with van der Waals surface area (Å²) in [5, 5.41) is 1.60. The third kappa shape index (κ3) is 2.22. The van der Waals surface area contributed by atoms with Crippen LogP contribution in [0.4, 0.5) is 0 Å². The highest BCUT2D eigenvalue weighted by molar-refractivity contribution is 6.09. The predicted molar refractivity (Wildman–Crippen MR) is 95.8 cm³/mol. The Labute approximate surface area is 149 Å². The molecule has 0 aliphatic rings. The fourth-order valence-corrected chi connectivity index (χ4v) is 2.76. The first-order valence-electron chi connectivity index (χ1n) is 12.1. The Morgan fingerprint density at radius 2 is 1.96 bits per heavy atom. The zero-order valence-corrected chi connectivity index (χ0v) is 12.1. The van der Waals surface area contributed by atoms with Gasteiger partial charge in [-0.15, -0.1) is 0 Å². The maximum Gasteiger partial charge on any atom is 0.144 e. The van der Waals surface area contributed by atoms with Crippen LogP contribution in [0.3, 0.4) is 0 Å². The van der Waals surface area contributed by atoms with Crippen LogP contribution in [0.5, 0.6) is 0 Å². The highest BCUT2D eigenvalue weighted by atomic mass is 16.3. The van der Waals surface area contributed by atoms with Gasteiger partial charge in [0.1, 0.15) is 11.2 Å².